The van der Waals surface area contributed by atoms with E-state index in [2.05, 4.69) is 23.2 Å². The zero-order valence-corrected chi connectivity index (χ0v) is 11.4. The molecule has 4 heteroatoms. The van der Waals surface area contributed by atoms with Gasteiger partial charge in [-0.2, -0.15) is 4.99 Å². The van der Waals surface area contributed by atoms with Gasteiger partial charge >= 0.3 is 0 Å². The largest absolute Gasteiger partial charge is 0.370 e. The summed E-state index contributed by atoms with van der Waals surface area (Å²) in [7, 11) is 0. The average Bonchev–Trinajstić information content (AvgIpc) is 2.46. The van der Waals surface area contributed by atoms with Crippen LogP contribution in [0, 0.1) is 0 Å². The first-order chi connectivity index (χ1) is 9.65. The normalized spacial score (nSPS) is 14.9. The van der Waals surface area contributed by atoms with Crippen LogP contribution in [0.2, 0.25) is 0 Å². The summed E-state index contributed by atoms with van der Waals surface area (Å²) >= 11 is 0. The lowest BCUT2D eigenvalue weighted by molar-refractivity contribution is -0.113. The number of benzene rings is 1. The fraction of sp³-hybridized carbons (Fsp3) is 0.250. The average molecular weight is 269 g/mol. The summed E-state index contributed by atoms with van der Waals surface area (Å²) in [5.41, 5.74) is 13.9. The van der Waals surface area contributed by atoms with E-state index in [1.54, 1.807) is 6.08 Å². The summed E-state index contributed by atoms with van der Waals surface area (Å²) in [6.07, 6.45) is 10.2. The molecule has 0 atom stereocenters. The van der Waals surface area contributed by atoms with E-state index in [1.165, 1.54) is 30.1 Å². The Hall–Kier alpha value is -2.36. The minimum absolute atomic E-state index is 0.222. The quantitative estimate of drug-likeness (QED) is 0.502. The second-order valence-electron chi connectivity index (χ2n) is 4.81. The smallest absolute Gasteiger partial charge is 0.272 e. The van der Waals surface area contributed by atoms with Crippen LogP contribution in [0.5, 0.6) is 0 Å². The van der Waals surface area contributed by atoms with Gasteiger partial charge in [0.25, 0.3) is 5.91 Å². The highest BCUT2D eigenvalue weighted by molar-refractivity contribution is 5.99. The number of nitrogens with zero attached hydrogens (tertiary/aromatic N) is 1. The Labute approximate surface area is 118 Å². The Balaban J connectivity index is 2.14. The summed E-state index contributed by atoms with van der Waals surface area (Å²) in [5, 5.41) is 0. The maximum Gasteiger partial charge on any atom is 0.272 e. The molecule has 0 aliphatic heterocycles. The number of aliphatic imine (C=N–C) groups is 1. The van der Waals surface area contributed by atoms with E-state index >= 15 is 0 Å². The predicted octanol–water partition coefficient (Wildman–Crippen LogP) is 2.46. The monoisotopic (exact) mass is 269 g/mol. The van der Waals surface area contributed by atoms with Crippen LogP contribution in [0.15, 0.2) is 41.4 Å². The third-order valence-corrected chi connectivity index (χ3v) is 3.21. The van der Waals surface area contributed by atoms with E-state index in [-0.39, 0.29) is 5.96 Å². The van der Waals surface area contributed by atoms with Crippen LogP contribution in [-0.4, -0.2) is 11.9 Å². The maximum atomic E-state index is 11.4. The number of rotatable bonds is 3. The van der Waals surface area contributed by atoms with E-state index in [0.29, 0.717) is 0 Å². The van der Waals surface area contributed by atoms with Crippen LogP contribution < -0.4 is 11.5 Å². The number of hydrogen-bond donors (Lipinski definition) is 2. The van der Waals surface area contributed by atoms with E-state index in [1.807, 2.05) is 12.1 Å². The predicted molar refractivity (Wildman–Crippen MR) is 82.7 cm³/mol. The van der Waals surface area contributed by atoms with Gasteiger partial charge in [-0.25, -0.2) is 0 Å². The van der Waals surface area contributed by atoms with Crippen molar-refractivity contribution in [1.82, 2.24) is 0 Å². The lowest BCUT2D eigenvalue weighted by Crippen LogP contribution is -2.23. The number of allylic oxidation sites excluding steroid dienone is 2. The Morgan fingerprint density at radius 3 is 2.80 bits per heavy atom. The van der Waals surface area contributed by atoms with E-state index in [4.69, 9.17) is 11.5 Å². The Kier molecular flexibility index (Phi) is 4.71. The van der Waals surface area contributed by atoms with Gasteiger partial charge in [0.2, 0.25) is 0 Å². The van der Waals surface area contributed by atoms with Gasteiger partial charge in [-0.05, 0) is 54.5 Å². The van der Waals surface area contributed by atoms with Crippen molar-refractivity contribution >= 4 is 23.5 Å². The molecule has 20 heavy (non-hydrogen) atoms. The lowest BCUT2D eigenvalue weighted by atomic mass is 9.93. The molecule has 0 bridgehead atoms. The number of carbonyl (C=O) groups excluding carboxylic acids is 1. The Bertz CT molecular complexity index is 581. The van der Waals surface area contributed by atoms with Crippen LogP contribution in [0.1, 0.15) is 36.8 Å². The van der Waals surface area contributed by atoms with Gasteiger partial charge < -0.3 is 11.5 Å². The highest BCUT2D eigenvalue weighted by Crippen LogP contribution is 2.27. The molecule has 0 fully saturated rings. The van der Waals surface area contributed by atoms with Crippen LogP contribution in [0.4, 0.5) is 0 Å². The summed E-state index contributed by atoms with van der Waals surface area (Å²) in [6, 6.07) is 8.13. The van der Waals surface area contributed by atoms with Crippen LogP contribution in [0.25, 0.3) is 11.6 Å². The van der Waals surface area contributed by atoms with Gasteiger partial charge in [-0.1, -0.05) is 24.3 Å². The van der Waals surface area contributed by atoms with E-state index in [9.17, 15) is 4.79 Å². The Morgan fingerprint density at radius 2 is 2.10 bits per heavy atom. The summed E-state index contributed by atoms with van der Waals surface area (Å²) in [6.45, 7) is 0. The molecule has 0 unspecified atom stereocenters. The molecule has 0 heterocycles. The molecule has 104 valence electrons. The van der Waals surface area contributed by atoms with Crippen molar-refractivity contribution in [3.8, 4) is 0 Å². The molecule has 0 saturated heterocycles. The first-order valence-electron chi connectivity index (χ1n) is 6.76. The fourth-order valence-electron chi connectivity index (χ4n) is 2.27. The third-order valence-electron chi connectivity index (χ3n) is 3.21. The standard InChI is InChI=1S/C16H19N3O/c17-16(18)19-15(20)10-9-12-5-4-8-14(11-12)13-6-2-1-3-7-13/h4-6,8-11H,1-3,7H2,(H4,17,18,19,20)/b10-9+. The van der Waals surface area contributed by atoms with Crippen molar-refractivity contribution in [2.75, 3.05) is 0 Å². The van der Waals surface area contributed by atoms with Crippen molar-refractivity contribution in [2.45, 2.75) is 25.7 Å². The first kappa shape index (κ1) is 14.1. The molecule has 2 rings (SSSR count). The van der Waals surface area contributed by atoms with Crippen LogP contribution in [0.3, 0.4) is 0 Å². The lowest BCUT2D eigenvalue weighted by Gasteiger charge is -2.13. The van der Waals surface area contributed by atoms with E-state index < -0.39 is 5.91 Å². The minimum Gasteiger partial charge on any atom is -0.370 e. The van der Waals surface area contributed by atoms with Crippen molar-refractivity contribution < 1.29 is 4.79 Å². The second kappa shape index (κ2) is 6.70. The fourth-order valence-corrected chi connectivity index (χ4v) is 2.27. The second-order valence-corrected chi connectivity index (χ2v) is 4.81. The molecule has 0 aromatic heterocycles. The zero-order chi connectivity index (χ0) is 14.4. The molecule has 0 saturated carbocycles. The molecule has 4 N–H and O–H groups in total. The third kappa shape index (κ3) is 4.09. The molecule has 0 spiro atoms. The van der Waals surface area contributed by atoms with Crippen molar-refractivity contribution in [3.05, 3.63) is 47.5 Å². The van der Waals surface area contributed by atoms with Crippen molar-refractivity contribution in [2.24, 2.45) is 16.5 Å². The Morgan fingerprint density at radius 1 is 1.25 bits per heavy atom. The first-order valence-corrected chi connectivity index (χ1v) is 6.76. The molecule has 1 aliphatic rings. The summed E-state index contributed by atoms with van der Waals surface area (Å²) in [5.74, 6) is -0.673. The number of carbonyl (C=O) groups is 1. The van der Waals surface area contributed by atoms with Gasteiger partial charge in [0.15, 0.2) is 5.96 Å². The molecular weight excluding hydrogens is 250 g/mol. The number of nitrogens with two attached hydrogens (primary N) is 2. The number of guanidine groups is 1. The number of hydrogen-bond acceptors (Lipinski definition) is 1. The van der Waals surface area contributed by atoms with Gasteiger partial charge in [0.05, 0.1) is 0 Å². The topological polar surface area (TPSA) is 81.5 Å². The van der Waals surface area contributed by atoms with Crippen LogP contribution >= 0.6 is 0 Å². The molecule has 0 radical (unpaired) electrons. The zero-order valence-electron chi connectivity index (χ0n) is 11.4. The minimum atomic E-state index is -0.452. The highest BCUT2D eigenvalue weighted by atomic mass is 16.1. The molecule has 1 aliphatic carbocycles. The SMILES string of the molecule is NC(N)=NC(=O)/C=C/c1cccc(C2=CCCCC2)c1. The highest BCUT2D eigenvalue weighted by Gasteiger charge is 2.06. The maximum absolute atomic E-state index is 11.4. The number of amides is 1. The van der Waals surface area contributed by atoms with Crippen molar-refractivity contribution in [1.29, 1.82) is 0 Å². The molecule has 4 nitrogen and oxygen atoms in total. The molecule has 1 aromatic carbocycles. The van der Waals surface area contributed by atoms with Crippen LogP contribution in [-0.2, 0) is 4.79 Å². The van der Waals surface area contributed by atoms with Gasteiger partial charge in [0, 0.05) is 6.08 Å². The van der Waals surface area contributed by atoms with Crippen molar-refractivity contribution in [3.63, 3.8) is 0 Å². The molecular formula is C16H19N3O. The van der Waals surface area contributed by atoms with Gasteiger partial charge in [0.1, 0.15) is 0 Å². The molecule has 1 aromatic rings. The summed E-state index contributed by atoms with van der Waals surface area (Å²) < 4.78 is 0. The molecule has 1 amide bonds. The van der Waals surface area contributed by atoms with Gasteiger partial charge in [-0.15, -0.1) is 0 Å². The summed E-state index contributed by atoms with van der Waals surface area (Å²) in [4.78, 5) is 14.8. The van der Waals surface area contributed by atoms with Gasteiger partial charge in [-0.3, -0.25) is 4.79 Å². The van der Waals surface area contributed by atoms with E-state index in [0.717, 1.165) is 18.4 Å².